The van der Waals surface area contributed by atoms with E-state index in [1.807, 2.05) is 32.9 Å². The van der Waals surface area contributed by atoms with E-state index in [-0.39, 0.29) is 12.1 Å². The maximum atomic E-state index is 12.8. The molecule has 146 valence electrons. The van der Waals surface area contributed by atoms with Crippen LogP contribution >= 0.6 is 23.2 Å². The van der Waals surface area contributed by atoms with Gasteiger partial charge in [-0.3, -0.25) is 0 Å². The predicted octanol–water partition coefficient (Wildman–Crippen LogP) is 5.16. The Morgan fingerprint density at radius 3 is 2.50 bits per heavy atom. The summed E-state index contributed by atoms with van der Waals surface area (Å²) in [6.45, 7) is 6.29. The molecular weight excluding hydrogens is 393 g/mol. The van der Waals surface area contributed by atoms with Crippen LogP contribution in [0.3, 0.4) is 0 Å². The SMILES string of the molecule is CC(C)(C)[S@](=O)N[C@@H](c1ccc(Cl)c(Cl)c1)[C@H]1COC2(CCCCC2)O1. The molecule has 1 N–H and O–H groups in total. The van der Waals surface area contributed by atoms with Crippen LogP contribution in [0.4, 0.5) is 0 Å². The second-order valence-corrected chi connectivity index (χ2v) is 10.9. The van der Waals surface area contributed by atoms with Crippen molar-refractivity contribution in [2.75, 3.05) is 6.61 Å². The van der Waals surface area contributed by atoms with Crippen molar-refractivity contribution in [1.82, 2.24) is 4.72 Å². The zero-order chi connectivity index (χ0) is 18.9. The van der Waals surface area contributed by atoms with Crippen LogP contribution in [-0.4, -0.2) is 27.5 Å². The van der Waals surface area contributed by atoms with Gasteiger partial charge in [0.15, 0.2) is 5.79 Å². The van der Waals surface area contributed by atoms with Crippen LogP contribution in [0.5, 0.6) is 0 Å². The van der Waals surface area contributed by atoms with Gasteiger partial charge >= 0.3 is 0 Å². The van der Waals surface area contributed by atoms with E-state index in [0.29, 0.717) is 16.7 Å². The molecule has 2 aliphatic rings. The standard InChI is InChI=1S/C19H27Cl2NO3S/c1-18(2,3)26(23)22-17(13-7-8-14(20)15(21)11-13)16-12-24-19(25-16)9-5-4-6-10-19/h7-8,11,16-17,22H,4-6,9-10,12H2,1-3H3/t16-,17+,26+/m1/s1. The first-order valence-electron chi connectivity index (χ1n) is 9.15. The van der Waals surface area contributed by atoms with E-state index < -0.39 is 21.5 Å². The van der Waals surface area contributed by atoms with Gasteiger partial charge in [-0.05, 0) is 51.3 Å². The summed E-state index contributed by atoms with van der Waals surface area (Å²) in [4.78, 5) is 0. The lowest BCUT2D eigenvalue weighted by molar-refractivity contribution is -0.189. The highest BCUT2D eigenvalue weighted by atomic mass is 35.5. The predicted molar refractivity (Wildman–Crippen MR) is 107 cm³/mol. The molecule has 1 spiro atoms. The van der Waals surface area contributed by atoms with Gasteiger partial charge in [-0.15, -0.1) is 0 Å². The molecular formula is C19H27Cl2NO3S. The van der Waals surface area contributed by atoms with E-state index in [2.05, 4.69) is 4.72 Å². The Morgan fingerprint density at radius 1 is 1.19 bits per heavy atom. The fourth-order valence-electron chi connectivity index (χ4n) is 3.45. The van der Waals surface area contributed by atoms with Gasteiger partial charge in [0, 0.05) is 12.8 Å². The first-order valence-corrected chi connectivity index (χ1v) is 11.1. The van der Waals surface area contributed by atoms with Crippen molar-refractivity contribution in [3.8, 4) is 0 Å². The van der Waals surface area contributed by atoms with E-state index in [0.717, 1.165) is 31.2 Å². The third-order valence-electron chi connectivity index (χ3n) is 4.96. The van der Waals surface area contributed by atoms with Crippen molar-refractivity contribution >= 4 is 34.2 Å². The van der Waals surface area contributed by atoms with Gasteiger partial charge in [0.25, 0.3) is 0 Å². The minimum absolute atomic E-state index is 0.225. The number of halogens is 2. The van der Waals surface area contributed by atoms with Crippen molar-refractivity contribution in [3.05, 3.63) is 33.8 Å². The van der Waals surface area contributed by atoms with Crippen LogP contribution in [0.1, 0.15) is 64.5 Å². The number of benzene rings is 1. The molecule has 3 rings (SSSR count). The number of nitrogens with one attached hydrogen (secondary N) is 1. The number of hydrogen-bond donors (Lipinski definition) is 1. The summed E-state index contributed by atoms with van der Waals surface area (Å²) >= 11 is 12.3. The van der Waals surface area contributed by atoms with Crippen LogP contribution in [0, 0.1) is 0 Å². The number of ether oxygens (including phenoxy) is 2. The average molecular weight is 420 g/mol. The van der Waals surface area contributed by atoms with Crippen molar-refractivity contribution in [1.29, 1.82) is 0 Å². The molecule has 0 amide bonds. The van der Waals surface area contributed by atoms with E-state index in [1.165, 1.54) is 6.42 Å². The molecule has 0 unspecified atom stereocenters. The van der Waals surface area contributed by atoms with Gasteiger partial charge in [-0.2, -0.15) is 0 Å². The summed E-state index contributed by atoms with van der Waals surface area (Å²) in [5.41, 5.74) is 0.901. The van der Waals surface area contributed by atoms with Gasteiger partial charge in [0.2, 0.25) is 0 Å². The van der Waals surface area contributed by atoms with Crippen molar-refractivity contribution in [3.63, 3.8) is 0 Å². The quantitative estimate of drug-likeness (QED) is 0.732. The monoisotopic (exact) mass is 419 g/mol. The third kappa shape index (κ3) is 4.62. The molecule has 1 saturated carbocycles. The van der Waals surface area contributed by atoms with Gasteiger partial charge in [0.1, 0.15) is 6.10 Å². The highest BCUT2D eigenvalue weighted by Gasteiger charge is 2.45. The molecule has 1 aromatic rings. The van der Waals surface area contributed by atoms with Gasteiger partial charge in [-0.1, -0.05) is 35.7 Å². The Bertz CT molecular complexity index is 671. The largest absolute Gasteiger partial charge is 0.347 e. The second kappa shape index (κ2) is 8.06. The van der Waals surface area contributed by atoms with Crippen LogP contribution in [0.25, 0.3) is 0 Å². The molecule has 4 nitrogen and oxygen atoms in total. The van der Waals surface area contributed by atoms with Gasteiger partial charge in [0.05, 0.1) is 38.4 Å². The highest BCUT2D eigenvalue weighted by molar-refractivity contribution is 7.84. The lowest BCUT2D eigenvalue weighted by Gasteiger charge is -2.33. The minimum atomic E-state index is -1.25. The highest BCUT2D eigenvalue weighted by Crippen LogP contribution is 2.41. The number of hydrogen-bond acceptors (Lipinski definition) is 3. The minimum Gasteiger partial charge on any atom is -0.347 e. The second-order valence-electron chi connectivity index (χ2n) is 8.09. The molecule has 1 heterocycles. The average Bonchev–Trinajstić information content (AvgIpc) is 2.98. The van der Waals surface area contributed by atoms with E-state index >= 15 is 0 Å². The molecule has 3 atom stereocenters. The normalized spacial score (nSPS) is 25.3. The molecule has 1 aromatic carbocycles. The van der Waals surface area contributed by atoms with Gasteiger partial charge in [-0.25, -0.2) is 8.93 Å². The number of rotatable bonds is 4. The zero-order valence-corrected chi connectivity index (χ0v) is 17.8. The fraction of sp³-hybridized carbons (Fsp3) is 0.684. The van der Waals surface area contributed by atoms with Crippen LogP contribution in [0.2, 0.25) is 10.0 Å². The summed E-state index contributed by atoms with van der Waals surface area (Å²) in [6, 6.07) is 5.20. The van der Waals surface area contributed by atoms with E-state index in [9.17, 15) is 4.21 Å². The lowest BCUT2D eigenvalue weighted by atomic mass is 9.94. The third-order valence-corrected chi connectivity index (χ3v) is 7.28. The Morgan fingerprint density at radius 2 is 1.88 bits per heavy atom. The molecule has 26 heavy (non-hydrogen) atoms. The molecule has 7 heteroatoms. The zero-order valence-electron chi connectivity index (χ0n) is 15.5. The lowest BCUT2D eigenvalue weighted by Crippen LogP contribution is -2.42. The van der Waals surface area contributed by atoms with Crippen molar-refractivity contribution in [2.24, 2.45) is 0 Å². The fourth-order valence-corrected chi connectivity index (χ4v) is 4.63. The van der Waals surface area contributed by atoms with Crippen molar-refractivity contribution in [2.45, 2.75) is 75.6 Å². The van der Waals surface area contributed by atoms with Crippen LogP contribution in [0.15, 0.2) is 18.2 Å². The summed E-state index contributed by atoms with van der Waals surface area (Å²) in [7, 11) is -1.25. The van der Waals surface area contributed by atoms with Crippen molar-refractivity contribution < 1.29 is 13.7 Å². The van der Waals surface area contributed by atoms with E-state index in [1.54, 1.807) is 6.07 Å². The molecule has 1 aliphatic carbocycles. The first-order chi connectivity index (χ1) is 12.2. The maximum Gasteiger partial charge on any atom is 0.169 e. The molecule has 1 saturated heterocycles. The van der Waals surface area contributed by atoms with E-state index in [4.69, 9.17) is 32.7 Å². The molecule has 1 aliphatic heterocycles. The van der Waals surface area contributed by atoms with Crippen LogP contribution < -0.4 is 4.72 Å². The Kier molecular flexibility index (Phi) is 6.37. The van der Waals surface area contributed by atoms with Gasteiger partial charge < -0.3 is 9.47 Å². The molecule has 2 fully saturated rings. The molecule has 0 aromatic heterocycles. The topological polar surface area (TPSA) is 47.6 Å². The Labute approximate surface area is 168 Å². The molecule has 0 radical (unpaired) electrons. The smallest absolute Gasteiger partial charge is 0.169 e. The summed E-state index contributed by atoms with van der Waals surface area (Å²) in [6.07, 6.45) is 5.06. The van der Waals surface area contributed by atoms with Crippen LogP contribution in [-0.2, 0) is 20.5 Å². The summed E-state index contributed by atoms with van der Waals surface area (Å²) < 4.78 is 28.1. The summed E-state index contributed by atoms with van der Waals surface area (Å²) in [5.74, 6) is -0.484. The first kappa shape index (κ1) is 20.6. The Hall–Kier alpha value is -0.170. The summed E-state index contributed by atoms with van der Waals surface area (Å²) in [5, 5.41) is 0.974. The Balaban J connectivity index is 1.85. The maximum absolute atomic E-state index is 12.8. The molecule has 0 bridgehead atoms.